The molecule has 98 valence electrons. The minimum absolute atomic E-state index is 0.436. The molecule has 5 nitrogen and oxygen atoms in total. The third-order valence-corrected chi connectivity index (χ3v) is 5.01. The van der Waals surface area contributed by atoms with Gasteiger partial charge in [-0.15, -0.1) is 0 Å². The summed E-state index contributed by atoms with van der Waals surface area (Å²) in [5.41, 5.74) is 6.55. The molecule has 3 aliphatic rings. The number of rotatable bonds is 4. The molecule has 18 heavy (non-hydrogen) atoms. The summed E-state index contributed by atoms with van der Waals surface area (Å²) >= 11 is 0. The van der Waals surface area contributed by atoms with E-state index < -0.39 is 0 Å². The molecule has 0 bridgehead atoms. The molecule has 0 aromatic carbocycles. The summed E-state index contributed by atoms with van der Waals surface area (Å²) < 4.78 is 2.12. The average Bonchev–Trinajstić information content (AvgIpc) is 2.66. The molecule has 1 aliphatic heterocycles. The van der Waals surface area contributed by atoms with E-state index >= 15 is 0 Å². The predicted molar refractivity (Wildman–Crippen MR) is 70.4 cm³/mol. The maximum absolute atomic E-state index is 6.04. The van der Waals surface area contributed by atoms with E-state index in [1.807, 2.05) is 6.20 Å². The van der Waals surface area contributed by atoms with Crippen LogP contribution in [0, 0.1) is 11.3 Å². The lowest BCUT2D eigenvalue weighted by atomic mass is 10.0. The number of nitrogens with one attached hydrogen (secondary N) is 2. The fourth-order valence-corrected chi connectivity index (χ4v) is 3.73. The van der Waals surface area contributed by atoms with E-state index in [9.17, 15) is 0 Å². The van der Waals surface area contributed by atoms with E-state index in [0.29, 0.717) is 17.5 Å². The van der Waals surface area contributed by atoms with E-state index in [-0.39, 0.29) is 0 Å². The zero-order valence-electron chi connectivity index (χ0n) is 10.6. The molecule has 0 radical (unpaired) electrons. The van der Waals surface area contributed by atoms with Crippen molar-refractivity contribution in [3.63, 3.8) is 0 Å². The lowest BCUT2D eigenvalue weighted by Crippen LogP contribution is -2.44. The molecule has 0 amide bonds. The molecule has 4 rings (SSSR count). The number of fused-ring (bicyclic) bond motifs is 1. The second-order valence-corrected chi connectivity index (χ2v) is 6.29. The Kier molecular flexibility index (Phi) is 2.23. The normalized spacial score (nSPS) is 38.3. The third-order valence-electron chi connectivity index (χ3n) is 5.01. The predicted octanol–water partition coefficient (Wildman–Crippen LogP) is 0.567. The number of nitrogens with two attached hydrogens (primary N) is 1. The van der Waals surface area contributed by atoms with Crippen LogP contribution in [0.15, 0.2) is 12.3 Å². The molecule has 3 unspecified atom stereocenters. The summed E-state index contributed by atoms with van der Waals surface area (Å²) in [6.45, 7) is 3.14. The molecule has 2 aliphatic carbocycles. The highest BCUT2D eigenvalue weighted by Crippen LogP contribution is 2.62. The van der Waals surface area contributed by atoms with Crippen LogP contribution in [-0.2, 0) is 0 Å². The summed E-state index contributed by atoms with van der Waals surface area (Å²) in [6.07, 6.45) is 5.69. The molecule has 1 saturated heterocycles. The standard InChI is InChI=1S/C13H21N5/c14-10-3-9-4-13(9,5-10)8-16-12-1-2-17-18(12)11-6-15-7-11/h1-2,9-11,15-16H,3-8,14H2. The zero-order chi connectivity index (χ0) is 12.2. The molecule has 1 aromatic rings. The van der Waals surface area contributed by atoms with Crippen molar-refractivity contribution in [2.45, 2.75) is 31.3 Å². The quantitative estimate of drug-likeness (QED) is 0.727. The van der Waals surface area contributed by atoms with Gasteiger partial charge in [0, 0.05) is 31.7 Å². The van der Waals surface area contributed by atoms with E-state index in [4.69, 9.17) is 5.73 Å². The molecule has 4 N–H and O–H groups in total. The van der Waals surface area contributed by atoms with Crippen LogP contribution in [0.1, 0.15) is 25.3 Å². The van der Waals surface area contributed by atoms with Crippen molar-refractivity contribution in [3.8, 4) is 0 Å². The van der Waals surface area contributed by atoms with E-state index in [2.05, 4.69) is 26.5 Å². The van der Waals surface area contributed by atoms with Crippen molar-refractivity contribution in [2.24, 2.45) is 17.1 Å². The largest absolute Gasteiger partial charge is 0.370 e. The van der Waals surface area contributed by atoms with Crippen LogP contribution in [0.5, 0.6) is 0 Å². The highest BCUT2D eigenvalue weighted by molar-refractivity contribution is 5.36. The van der Waals surface area contributed by atoms with Crippen molar-refractivity contribution in [1.29, 1.82) is 0 Å². The van der Waals surface area contributed by atoms with E-state index in [1.165, 1.54) is 25.1 Å². The van der Waals surface area contributed by atoms with Crippen molar-refractivity contribution < 1.29 is 0 Å². The van der Waals surface area contributed by atoms with Crippen molar-refractivity contribution >= 4 is 5.82 Å². The van der Waals surface area contributed by atoms with Gasteiger partial charge in [-0.3, -0.25) is 0 Å². The van der Waals surface area contributed by atoms with Crippen LogP contribution < -0.4 is 16.4 Å². The lowest BCUT2D eigenvalue weighted by Gasteiger charge is -2.29. The molecule has 3 fully saturated rings. The Morgan fingerprint density at radius 1 is 1.50 bits per heavy atom. The maximum atomic E-state index is 6.04. The Morgan fingerprint density at radius 2 is 2.39 bits per heavy atom. The molecule has 3 atom stereocenters. The van der Waals surface area contributed by atoms with Crippen molar-refractivity contribution in [2.75, 3.05) is 25.0 Å². The summed E-state index contributed by atoms with van der Waals surface area (Å²) in [6, 6.07) is 3.05. The van der Waals surface area contributed by atoms with Crippen LogP contribution in [0.3, 0.4) is 0 Å². The van der Waals surface area contributed by atoms with Gasteiger partial charge in [0.2, 0.25) is 0 Å². The first-order chi connectivity index (χ1) is 8.77. The van der Waals surface area contributed by atoms with Crippen LogP contribution in [0.4, 0.5) is 5.82 Å². The van der Waals surface area contributed by atoms with Gasteiger partial charge < -0.3 is 16.4 Å². The number of nitrogens with zero attached hydrogens (tertiary/aromatic N) is 2. The summed E-state index contributed by atoms with van der Waals surface area (Å²) in [5, 5.41) is 11.3. The summed E-state index contributed by atoms with van der Waals surface area (Å²) in [5.74, 6) is 2.05. The second kappa shape index (κ2) is 3.71. The van der Waals surface area contributed by atoms with Crippen LogP contribution in [0.2, 0.25) is 0 Å². The topological polar surface area (TPSA) is 67.9 Å². The minimum Gasteiger partial charge on any atom is -0.370 e. The first-order valence-electron chi connectivity index (χ1n) is 7.00. The Morgan fingerprint density at radius 3 is 3.06 bits per heavy atom. The average molecular weight is 247 g/mol. The van der Waals surface area contributed by atoms with Gasteiger partial charge in [-0.05, 0) is 30.6 Å². The summed E-state index contributed by atoms with van der Waals surface area (Å²) in [4.78, 5) is 0. The number of hydrogen-bond donors (Lipinski definition) is 3. The van der Waals surface area contributed by atoms with Gasteiger partial charge in [0.05, 0.1) is 12.2 Å². The Balaban J connectivity index is 1.42. The van der Waals surface area contributed by atoms with Crippen molar-refractivity contribution in [3.05, 3.63) is 12.3 Å². The number of hydrogen-bond acceptors (Lipinski definition) is 4. The third kappa shape index (κ3) is 1.57. The number of aromatic nitrogens is 2. The zero-order valence-corrected chi connectivity index (χ0v) is 10.6. The fourth-order valence-electron chi connectivity index (χ4n) is 3.73. The van der Waals surface area contributed by atoms with Gasteiger partial charge in [-0.1, -0.05) is 0 Å². The molecule has 2 heterocycles. The molecular weight excluding hydrogens is 226 g/mol. The van der Waals surface area contributed by atoms with Gasteiger partial charge in [-0.2, -0.15) is 5.10 Å². The molecule has 0 spiro atoms. The van der Waals surface area contributed by atoms with Crippen LogP contribution in [0.25, 0.3) is 0 Å². The van der Waals surface area contributed by atoms with E-state index in [1.54, 1.807) is 0 Å². The van der Waals surface area contributed by atoms with Crippen LogP contribution in [-0.4, -0.2) is 35.5 Å². The van der Waals surface area contributed by atoms with Crippen LogP contribution >= 0.6 is 0 Å². The Hall–Kier alpha value is -1.07. The first-order valence-corrected chi connectivity index (χ1v) is 7.00. The van der Waals surface area contributed by atoms with Gasteiger partial charge in [0.25, 0.3) is 0 Å². The minimum atomic E-state index is 0.436. The lowest BCUT2D eigenvalue weighted by molar-refractivity contribution is 0.320. The SMILES string of the molecule is NC1CC2CC2(CNc2ccnn2C2CNC2)C1. The van der Waals surface area contributed by atoms with Gasteiger partial charge in [0.15, 0.2) is 0 Å². The number of anilines is 1. The Bertz CT molecular complexity index is 452. The smallest absolute Gasteiger partial charge is 0.124 e. The molecule has 5 heteroatoms. The fraction of sp³-hybridized carbons (Fsp3) is 0.769. The maximum Gasteiger partial charge on any atom is 0.124 e. The van der Waals surface area contributed by atoms with Gasteiger partial charge >= 0.3 is 0 Å². The second-order valence-electron chi connectivity index (χ2n) is 6.29. The monoisotopic (exact) mass is 247 g/mol. The van der Waals surface area contributed by atoms with Crippen molar-refractivity contribution in [1.82, 2.24) is 15.1 Å². The van der Waals surface area contributed by atoms with Gasteiger partial charge in [0.1, 0.15) is 5.82 Å². The molecular formula is C13H21N5. The molecule has 1 aromatic heterocycles. The summed E-state index contributed by atoms with van der Waals surface area (Å²) in [7, 11) is 0. The van der Waals surface area contributed by atoms with E-state index in [0.717, 1.165) is 25.6 Å². The Labute approximate surface area is 107 Å². The van der Waals surface area contributed by atoms with Gasteiger partial charge in [-0.25, -0.2) is 4.68 Å². The molecule has 2 saturated carbocycles. The highest BCUT2D eigenvalue weighted by atomic mass is 15.4. The first kappa shape index (κ1) is 10.8. The highest BCUT2D eigenvalue weighted by Gasteiger charge is 2.58.